The van der Waals surface area contributed by atoms with Crippen molar-refractivity contribution in [3.05, 3.63) is 0 Å². The van der Waals surface area contributed by atoms with Crippen LogP contribution in [-0.4, -0.2) is 27.5 Å². The van der Waals surface area contributed by atoms with E-state index >= 15 is 0 Å². The third-order valence-corrected chi connectivity index (χ3v) is 19.0. The first-order chi connectivity index (χ1) is 18.6. The van der Waals surface area contributed by atoms with Gasteiger partial charge in [0.1, 0.15) is 0 Å². The Bertz CT molecular complexity index is 816. The van der Waals surface area contributed by atoms with Crippen molar-refractivity contribution >= 4 is 14.3 Å². The summed E-state index contributed by atoms with van der Waals surface area (Å²) in [5.74, 6) is 6.13. The Morgan fingerprint density at radius 1 is 0.923 bits per heavy atom. The maximum Gasteiger partial charge on any atom is 0.305 e. The largest absolute Gasteiger partial charge is 0.469 e. The predicted octanol–water partition coefficient (Wildman–Crippen LogP) is 9.90. The summed E-state index contributed by atoms with van der Waals surface area (Å²) in [7, 11) is -0.167. The highest BCUT2D eigenvalue weighted by atomic mass is 28.4. The molecule has 0 aliphatic heterocycles. The van der Waals surface area contributed by atoms with E-state index in [1.807, 2.05) is 0 Å². The second-order valence-electron chi connectivity index (χ2n) is 15.2. The van der Waals surface area contributed by atoms with Gasteiger partial charge in [0.05, 0.1) is 7.11 Å². The number of ether oxygens (including phenoxy) is 1. The van der Waals surface area contributed by atoms with Crippen molar-refractivity contribution in [3.8, 4) is 0 Å². The van der Waals surface area contributed by atoms with Gasteiger partial charge < -0.3 is 9.16 Å². The van der Waals surface area contributed by atoms with Crippen LogP contribution >= 0.6 is 0 Å². The summed E-state index contributed by atoms with van der Waals surface area (Å²) >= 11 is 0. The zero-order valence-corrected chi connectivity index (χ0v) is 28.3. The highest BCUT2D eigenvalue weighted by molar-refractivity contribution is 6.73. The summed E-state index contributed by atoms with van der Waals surface area (Å²) in [6.07, 6.45) is 14.5. The molecule has 0 N–H and O–H groups in total. The van der Waals surface area contributed by atoms with Crippen LogP contribution < -0.4 is 0 Å². The van der Waals surface area contributed by atoms with Crippen molar-refractivity contribution < 1.29 is 14.0 Å². The molecular weight excluding hydrogens is 496 g/mol. The van der Waals surface area contributed by atoms with Crippen LogP contribution in [0.2, 0.25) is 18.1 Å². The standard InChI is InChI=1S/C35H64O3Si/c1-10-25-19-20-34(7)27(21-25)23-31(38-39(12-3,13-4)14-5)33-29-17-16-28(24(6)15-18-32(36)37-9)35(29,8)26(11-2)22-30(33)34/h24-31,33H,10-23H2,1-9H3/t24-,25-,26+,27+,28-,29+,30+,31-,33?,34+,35-/m1/s1. The van der Waals surface area contributed by atoms with Crippen LogP contribution in [0.1, 0.15) is 126 Å². The molecule has 4 heteroatoms. The highest BCUT2D eigenvalue weighted by Crippen LogP contribution is 2.71. The predicted molar refractivity (Wildman–Crippen MR) is 166 cm³/mol. The average Bonchev–Trinajstić information content (AvgIpc) is 3.31. The summed E-state index contributed by atoms with van der Waals surface area (Å²) in [4.78, 5) is 12.0. The molecule has 0 aromatic rings. The zero-order chi connectivity index (χ0) is 28.6. The molecule has 11 atom stereocenters. The van der Waals surface area contributed by atoms with Crippen molar-refractivity contribution in [2.75, 3.05) is 7.11 Å². The van der Waals surface area contributed by atoms with E-state index in [-0.39, 0.29) is 5.97 Å². The second-order valence-corrected chi connectivity index (χ2v) is 19.9. The van der Waals surface area contributed by atoms with E-state index in [1.54, 1.807) is 0 Å². The smallest absolute Gasteiger partial charge is 0.305 e. The molecule has 226 valence electrons. The third-order valence-electron chi connectivity index (χ3n) is 14.3. The van der Waals surface area contributed by atoms with Crippen LogP contribution in [0, 0.1) is 58.2 Å². The molecule has 3 nitrogen and oxygen atoms in total. The minimum absolute atomic E-state index is 0.0420. The third kappa shape index (κ3) is 5.45. The number of esters is 1. The summed E-state index contributed by atoms with van der Waals surface area (Å²) in [6, 6.07) is 3.79. The van der Waals surface area contributed by atoms with Gasteiger partial charge in [-0.2, -0.15) is 0 Å². The van der Waals surface area contributed by atoms with Gasteiger partial charge in [0.15, 0.2) is 8.32 Å². The van der Waals surface area contributed by atoms with E-state index in [1.165, 1.54) is 83.0 Å². The first kappa shape index (κ1) is 31.6. The van der Waals surface area contributed by atoms with Gasteiger partial charge in [-0.05, 0) is 128 Å². The van der Waals surface area contributed by atoms with Gasteiger partial charge in [-0.3, -0.25) is 4.79 Å². The summed E-state index contributed by atoms with van der Waals surface area (Å²) in [5, 5.41) is 0. The van der Waals surface area contributed by atoms with Crippen LogP contribution in [0.15, 0.2) is 0 Å². The summed E-state index contributed by atoms with van der Waals surface area (Å²) < 4.78 is 12.7. The summed E-state index contributed by atoms with van der Waals surface area (Å²) in [6.45, 7) is 20.1. The minimum Gasteiger partial charge on any atom is -0.469 e. The Morgan fingerprint density at radius 2 is 1.62 bits per heavy atom. The van der Waals surface area contributed by atoms with Gasteiger partial charge >= 0.3 is 5.97 Å². The van der Waals surface area contributed by atoms with E-state index < -0.39 is 8.32 Å². The van der Waals surface area contributed by atoms with Crippen LogP contribution in [0.3, 0.4) is 0 Å². The van der Waals surface area contributed by atoms with Crippen molar-refractivity contribution in [3.63, 3.8) is 0 Å². The summed E-state index contributed by atoms with van der Waals surface area (Å²) in [5.41, 5.74) is 0.861. The van der Waals surface area contributed by atoms with Crippen LogP contribution in [-0.2, 0) is 14.0 Å². The highest BCUT2D eigenvalue weighted by Gasteiger charge is 2.66. The molecule has 4 aliphatic rings. The van der Waals surface area contributed by atoms with E-state index in [9.17, 15) is 4.79 Å². The van der Waals surface area contributed by atoms with E-state index in [0.29, 0.717) is 35.2 Å². The minimum atomic E-state index is -1.70. The molecule has 0 amide bonds. The first-order valence-corrected chi connectivity index (χ1v) is 19.8. The van der Waals surface area contributed by atoms with Gasteiger partial charge in [-0.25, -0.2) is 0 Å². The fourth-order valence-corrected chi connectivity index (χ4v) is 14.4. The molecule has 0 aromatic heterocycles. The molecule has 4 aliphatic carbocycles. The number of fused-ring (bicyclic) bond motifs is 5. The van der Waals surface area contributed by atoms with Crippen molar-refractivity contribution in [1.82, 2.24) is 0 Å². The number of carbonyl (C=O) groups excluding carboxylic acids is 1. The molecular formula is C35H64O3Si. The first-order valence-electron chi connectivity index (χ1n) is 17.3. The van der Waals surface area contributed by atoms with E-state index in [0.717, 1.165) is 41.9 Å². The Kier molecular flexibility index (Phi) is 10.1. The molecule has 4 rings (SSSR count). The molecule has 0 bridgehead atoms. The molecule has 4 saturated carbocycles. The molecule has 0 saturated heterocycles. The quantitative estimate of drug-likeness (QED) is 0.186. The number of hydrogen-bond donors (Lipinski definition) is 0. The van der Waals surface area contributed by atoms with Crippen LogP contribution in [0.4, 0.5) is 0 Å². The van der Waals surface area contributed by atoms with Crippen molar-refractivity contribution in [2.24, 2.45) is 58.2 Å². The van der Waals surface area contributed by atoms with Crippen molar-refractivity contribution in [2.45, 2.75) is 150 Å². The molecule has 0 spiro atoms. The molecule has 0 radical (unpaired) electrons. The van der Waals surface area contributed by atoms with Crippen molar-refractivity contribution in [1.29, 1.82) is 0 Å². The van der Waals surface area contributed by atoms with Crippen LogP contribution in [0.25, 0.3) is 0 Å². The van der Waals surface area contributed by atoms with Crippen LogP contribution in [0.5, 0.6) is 0 Å². The average molecular weight is 561 g/mol. The lowest BCUT2D eigenvalue weighted by Gasteiger charge is -2.66. The van der Waals surface area contributed by atoms with Gasteiger partial charge in [0.25, 0.3) is 0 Å². The molecule has 0 heterocycles. The van der Waals surface area contributed by atoms with Gasteiger partial charge in [-0.15, -0.1) is 0 Å². The fraction of sp³-hybridized carbons (Fsp3) is 0.971. The number of carbonyl (C=O) groups is 1. The van der Waals surface area contributed by atoms with E-state index in [2.05, 4.69) is 55.4 Å². The SMILES string of the molecule is CC[C@@H]1CC[C@@]2(C)[C@@H](C1)C[C@@H](O[Si](CC)(CC)CC)C1[C@@H]2C[C@H](CC)[C@]2(C)[C@@H]([C@H](C)CCC(=O)OC)CC[C@@H]12. The lowest BCUT2D eigenvalue weighted by molar-refractivity contribution is -0.185. The molecule has 4 fully saturated rings. The van der Waals surface area contributed by atoms with Gasteiger partial charge in [-0.1, -0.05) is 68.2 Å². The maximum atomic E-state index is 12.0. The van der Waals surface area contributed by atoms with Gasteiger partial charge in [0, 0.05) is 12.5 Å². The molecule has 1 unspecified atom stereocenters. The Balaban J connectivity index is 1.71. The Labute approximate surface area is 243 Å². The number of hydrogen-bond acceptors (Lipinski definition) is 3. The lowest BCUT2D eigenvalue weighted by atomic mass is 9.41. The Morgan fingerprint density at radius 3 is 2.21 bits per heavy atom. The monoisotopic (exact) mass is 560 g/mol. The van der Waals surface area contributed by atoms with E-state index in [4.69, 9.17) is 9.16 Å². The maximum absolute atomic E-state index is 12.0. The number of rotatable bonds is 11. The Hall–Kier alpha value is -0.353. The van der Waals surface area contributed by atoms with Gasteiger partial charge in [0.2, 0.25) is 0 Å². The normalized spacial score (nSPS) is 42.8. The fourth-order valence-electron chi connectivity index (χ4n) is 11.5. The lowest BCUT2D eigenvalue weighted by Crippen LogP contribution is -2.62. The molecule has 39 heavy (non-hydrogen) atoms. The number of methoxy groups -OCH3 is 1. The molecule has 0 aromatic carbocycles. The second kappa shape index (κ2) is 12.5. The topological polar surface area (TPSA) is 35.5 Å². The zero-order valence-electron chi connectivity index (χ0n) is 27.3.